The van der Waals surface area contributed by atoms with Gasteiger partial charge in [0.1, 0.15) is 0 Å². The number of ether oxygens (including phenoxy) is 1. The molecule has 0 aliphatic rings. The van der Waals surface area contributed by atoms with Crippen molar-refractivity contribution in [3.8, 4) is 5.88 Å². The first-order chi connectivity index (χ1) is 6.42. The van der Waals surface area contributed by atoms with Gasteiger partial charge in [-0.3, -0.25) is 4.68 Å². The van der Waals surface area contributed by atoms with Crippen LogP contribution in [-0.4, -0.2) is 22.4 Å². The molecule has 0 aliphatic carbocycles. The van der Waals surface area contributed by atoms with Crippen molar-refractivity contribution in [2.24, 2.45) is 7.05 Å². The molecule has 1 N–H and O–H groups in total. The van der Waals surface area contributed by atoms with Crippen LogP contribution in [0, 0.1) is 0 Å². The maximum absolute atomic E-state index is 5.16. The average Bonchev–Trinajstić information content (AvgIpc) is 2.41. The van der Waals surface area contributed by atoms with E-state index in [2.05, 4.69) is 31.2 Å². The van der Waals surface area contributed by atoms with Crippen LogP contribution in [0.1, 0.15) is 26.3 Å². The minimum Gasteiger partial charge on any atom is -0.480 e. The third-order valence-corrected chi connectivity index (χ3v) is 1.87. The van der Waals surface area contributed by atoms with Crippen molar-refractivity contribution >= 4 is 0 Å². The van der Waals surface area contributed by atoms with Crippen LogP contribution < -0.4 is 10.1 Å². The van der Waals surface area contributed by atoms with Gasteiger partial charge in [0.2, 0.25) is 5.88 Å². The summed E-state index contributed by atoms with van der Waals surface area (Å²) in [6.45, 7) is 7.18. The average molecular weight is 197 g/mol. The molecule has 0 aromatic carbocycles. The molecule has 1 heterocycles. The number of methoxy groups -OCH3 is 1. The van der Waals surface area contributed by atoms with Crippen molar-refractivity contribution in [3.63, 3.8) is 0 Å². The van der Waals surface area contributed by atoms with Gasteiger partial charge in [-0.25, -0.2) is 0 Å². The summed E-state index contributed by atoms with van der Waals surface area (Å²) in [6.07, 6.45) is 1.97. The van der Waals surface area contributed by atoms with E-state index in [4.69, 9.17) is 4.74 Å². The molecule has 80 valence electrons. The van der Waals surface area contributed by atoms with Gasteiger partial charge in [0.05, 0.1) is 7.11 Å². The van der Waals surface area contributed by atoms with E-state index in [1.165, 1.54) is 0 Å². The molecule has 0 spiro atoms. The zero-order valence-corrected chi connectivity index (χ0v) is 9.59. The van der Waals surface area contributed by atoms with Crippen molar-refractivity contribution in [1.29, 1.82) is 0 Å². The maximum atomic E-state index is 5.16. The van der Waals surface area contributed by atoms with E-state index in [1.807, 2.05) is 13.2 Å². The summed E-state index contributed by atoms with van der Waals surface area (Å²) >= 11 is 0. The summed E-state index contributed by atoms with van der Waals surface area (Å²) in [4.78, 5) is 0. The monoisotopic (exact) mass is 197 g/mol. The van der Waals surface area contributed by atoms with E-state index in [1.54, 1.807) is 11.8 Å². The Morgan fingerprint density at radius 1 is 1.50 bits per heavy atom. The summed E-state index contributed by atoms with van der Waals surface area (Å²) in [5.41, 5.74) is 1.20. The molecule has 0 saturated carbocycles. The van der Waals surface area contributed by atoms with Crippen molar-refractivity contribution in [2.75, 3.05) is 7.11 Å². The predicted octanol–water partition coefficient (Wildman–Crippen LogP) is 1.32. The first-order valence-electron chi connectivity index (χ1n) is 4.74. The van der Waals surface area contributed by atoms with Gasteiger partial charge in [0.15, 0.2) is 0 Å². The van der Waals surface area contributed by atoms with Crippen LogP contribution in [0.25, 0.3) is 0 Å². The van der Waals surface area contributed by atoms with E-state index in [-0.39, 0.29) is 5.54 Å². The van der Waals surface area contributed by atoms with Crippen LogP contribution >= 0.6 is 0 Å². The Morgan fingerprint density at radius 2 is 2.14 bits per heavy atom. The first-order valence-corrected chi connectivity index (χ1v) is 4.74. The van der Waals surface area contributed by atoms with Crippen molar-refractivity contribution in [2.45, 2.75) is 32.9 Å². The van der Waals surface area contributed by atoms with Gasteiger partial charge in [-0.05, 0) is 20.8 Å². The molecule has 1 aromatic rings. The number of nitrogens with one attached hydrogen (secondary N) is 1. The molecular weight excluding hydrogens is 178 g/mol. The highest BCUT2D eigenvalue weighted by Gasteiger charge is 2.12. The lowest BCUT2D eigenvalue weighted by Crippen LogP contribution is -2.35. The number of hydrogen-bond acceptors (Lipinski definition) is 3. The Balaban J connectivity index is 2.66. The van der Waals surface area contributed by atoms with E-state index < -0.39 is 0 Å². The van der Waals surface area contributed by atoms with Gasteiger partial charge in [-0.2, -0.15) is 0 Å². The first kappa shape index (κ1) is 11.0. The second-order valence-electron chi connectivity index (χ2n) is 4.44. The quantitative estimate of drug-likeness (QED) is 0.794. The van der Waals surface area contributed by atoms with Crippen LogP contribution in [0.5, 0.6) is 5.88 Å². The molecule has 0 atom stereocenters. The van der Waals surface area contributed by atoms with Gasteiger partial charge in [-0.1, -0.05) is 0 Å². The molecule has 1 rings (SSSR count). The summed E-state index contributed by atoms with van der Waals surface area (Å²) in [6, 6.07) is 0. The molecule has 0 unspecified atom stereocenters. The largest absolute Gasteiger partial charge is 0.480 e. The molecular formula is C10H19N3O. The van der Waals surface area contributed by atoms with Gasteiger partial charge < -0.3 is 10.1 Å². The fourth-order valence-electron chi connectivity index (χ4n) is 1.17. The molecule has 0 radical (unpaired) electrons. The molecule has 1 aromatic heterocycles. The minimum atomic E-state index is 0.112. The molecule has 0 saturated heterocycles. The standard InChI is InChI=1S/C10H19N3O/c1-10(2,3)11-6-8-7-13(4)12-9(8)14-5/h7,11H,6H2,1-5H3. The third kappa shape index (κ3) is 3.03. The van der Waals surface area contributed by atoms with Gasteiger partial charge in [0.25, 0.3) is 0 Å². The van der Waals surface area contributed by atoms with E-state index >= 15 is 0 Å². The second kappa shape index (κ2) is 4.00. The predicted molar refractivity (Wildman–Crippen MR) is 56.4 cm³/mol. The normalized spacial score (nSPS) is 11.8. The molecule has 14 heavy (non-hydrogen) atoms. The van der Waals surface area contributed by atoms with Gasteiger partial charge >= 0.3 is 0 Å². The summed E-state index contributed by atoms with van der Waals surface area (Å²) in [7, 11) is 3.53. The number of hydrogen-bond donors (Lipinski definition) is 1. The van der Waals surface area contributed by atoms with Crippen LogP contribution in [0.2, 0.25) is 0 Å². The molecule has 4 heteroatoms. The Labute approximate surface area is 85.3 Å². The fraction of sp³-hybridized carbons (Fsp3) is 0.700. The zero-order chi connectivity index (χ0) is 10.8. The Kier molecular flexibility index (Phi) is 3.16. The highest BCUT2D eigenvalue weighted by molar-refractivity contribution is 5.22. The third-order valence-electron chi connectivity index (χ3n) is 1.87. The van der Waals surface area contributed by atoms with E-state index in [0.717, 1.165) is 12.1 Å². The molecule has 0 bridgehead atoms. The summed E-state index contributed by atoms with van der Waals surface area (Å²) in [5, 5.41) is 7.58. The molecule has 4 nitrogen and oxygen atoms in total. The molecule has 0 aliphatic heterocycles. The number of aryl methyl sites for hydroxylation is 1. The van der Waals surface area contributed by atoms with Crippen LogP contribution in [0.3, 0.4) is 0 Å². The van der Waals surface area contributed by atoms with Crippen LogP contribution in [0.4, 0.5) is 0 Å². The summed E-state index contributed by atoms with van der Waals surface area (Å²) in [5.74, 6) is 0.698. The van der Waals surface area contributed by atoms with Gasteiger partial charge in [0, 0.05) is 30.9 Å². The number of rotatable bonds is 3. The maximum Gasteiger partial charge on any atom is 0.237 e. The van der Waals surface area contributed by atoms with E-state index in [0.29, 0.717) is 5.88 Å². The highest BCUT2D eigenvalue weighted by atomic mass is 16.5. The Bertz CT molecular complexity index is 299. The SMILES string of the molecule is COc1nn(C)cc1CNC(C)(C)C. The molecule has 0 fully saturated rings. The Morgan fingerprint density at radius 3 is 2.64 bits per heavy atom. The highest BCUT2D eigenvalue weighted by Crippen LogP contribution is 2.15. The molecule has 0 amide bonds. The second-order valence-corrected chi connectivity index (χ2v) is 4.44. The fourth-order valence-corrected chi connectivity index (χ4v) is 1.17. The van der Waals surface area contributed by atoms with Crippen LogP contribution in [-0.2, 0) is 13.6 Å². The number of nitrogens with zero attached hydrogens (tertiary/aromatic N) is 2. The lowest BCUT2D eigenvalue weighted by Gasteiger charge is -2.20. The smallest absolute Gasteiger partial charge is 0.237 e. The number of aromatic nitrogens is 2. The van der Waals surface area contributed by atoms with E-state index in [9.17, 15) is 0 Å². The summed E-state index contributed by atoms with van der Waals surface area (Å²) < 4.78 is 6.92. The lowest BCUT2D eigenvalue weighted by molar-refractivity contribution is 0.378. The Hall–Kier alpha value is -1.03. The van der Waals surface area contributed by atoms with Crippen molar-refractivity contribution < 1.29 is 4.74 Å². The van der Waals surface area contributed by atoms with Crippen molar-refractivity contribution in [1.82, 2.24) is 15.1 Å². The van der Waals surface area contributed by atoms with Gasteiger partial charge in [-0.15, -0.1) is 5.10 Å². The zero-order valence-electron chi connectivity index (χ0n) is 9.59. The topological polar surface area (TPSA) is 39.1 Å². The van der Waals surface area contributed by atoms with Crippen LogP contribution in [0.15, 0.2) is 6.20 Å². The van der Waals surface area contributed by atoms with Crippen molar-refractivity contribution in [3.05, 3.63) is 11.8 Å². The lowest BCUT2D eigenvalue weighted by atomic mass is 10.1. The minimum absolute atomic E-state index is 0.112.